The van der Waals surface area contributed by atoms with E-state index < -0.39 is 0 Å². The lowest BCUT2D eigenvalue weighted by molar-refractivity contribution is 0.0949. The molecule has 0 unspecified atom stereocenters. The monoisotopic (exact) mass is 465 g/mol. The van der Waals surface area contributed by atoms with E-state index in [1.54, 1.807) is 14.2 Å². The van der Waals surface area contributed by atoms with Gasteiger partial charge in [0.2, 0.25) is 0 Å². The van der Waals surface area contributed by atoms with Crippen LogP contribution in [0.2, 0.25) is 0 Å². The van der Waals surface area contributed by atoms with Gasteiger partial charge in [0.1, 0.15) is 5.69 Å². The second-order valence-electron chi connectivity index (χ2n) is 8.46. The maximum Gasteiger partial charge on any atom is 0.269 e. The number of aromatic amines is 1. The first-order valence-electron chi connectivity index (χ1n) is 11.6. The Hall–Kier alpha value is -4.32. The molecule has 2 aromatic heterocycles. The van der Waals surface area contributed by atoms with E-state index in [0.29, 0.717) is 30.2 Å². The van der Waals surface area contributed by atoms with E-state index in [9.17, 15) is 4.79 Å². The molecule has 5 rings (SSSR count). The number of hydrogen-bond acceptors (Lipinski definition) is 4. The van der Waals surface area contributed by atoms with Crippen LogP contribution in [-0.4, -0.2) is 36.6 Å². The average molecular weight is 466 g/mol. The Morgan fingerprint density at radius 2 is 1.69 bits per heavy atom. The standard InChI is InChI=1S/C29H27N3O3/c1-18-8-4-5-9-20(18)27-28-22(21-10-6-7-11-23(21)31-28)17-24(32-27)29(33)30-15-14-19-12-13-25(34-2)26(16-19)35-3/h4-13,16-17,31H,14-15H2,1-3H3,(H,30,33). The molecule has 0 aliphatic rings. The molecule has 5 aromatic rings. The zero-order chi connectivity index (χ0) is 24.4. The molecule has 0 spiro atoms. The normalized spacial score (nSPS) is 11.1. The van der Waals surface area contributed by atoms with Gasteiger partial charge >= 0.3 is 0 Å². The smallest absolute Gasteiger partial charge is 0.269 e. The molecule has 0 aliphatic heterocycles. The zero-order valence-corrected chi connectivity index (χ0v) is 20.0. The van der Waals surface area contributed by atoms with E-state index in [4.69, 9.17) is 14.5 Å². The Kier molecular flexibility index (Phi) is 6.10. The summed E-state index contributed by atoms with van der Waals surface area (Å²) in [5.41, 5.74) is 6.28. The van der Waals surface area contributed by atoms with E-state index in [-0.39, 0.29) is 5.91 Å². The Morgan fingerprint density at radius 3 is 2.49 bits per heavy atom. The average Bonchev–Trinajstić information content (AvgIpc) is 3.27. The molecule has 0 saturated heterocycles. The molecule has 1 amide bonds. The maximum absolute atomic E-state index is 13.2. The van der Waals surface area contributed by atoms with Crippen molar-refractivity contribution in [2.75, 3.05) is 20.8 Å². The fourth-order valence-corrected chi connectivity index (χ4v) is 4.44. The first kappa shape index (κ1) is 22.5. The maximum atomic E-state index is 13.2. The summed E-state index contributed by atoms with van der Waals surface area (Å²) in [6.07, 6.45) is 0.659. The van der Waals surface area contributed by atoms with Crippen LogP contribution >= 0.6 is 0 Å². The number of nitrogens with zero attached hydrogens (tertiary/aromatic N) is 1. The molecule has 0 aliphatic carbocycles. The van der Waals surface area contributed by atoms with Gasteiger partial charge in [0.05, 0.1) is 25.4 Å². The number of hydrogen-bond donors (Lipinski definition) is 2. The number of benzene rings is 3. The molecule has 6 heteroatoms. The van der Waals surface area contributed by atoms with Crippen molar-refractivity contribution >= 4 is 27.7 Å². The van der Waals surface area contributed by atoms with Crippen LogP contribution < -0.4 is 14.8 Å². The Morgan fingerprint density at radius 1 is 0.914 bits per heavy atom. The van der Waals surface area contributed by atoms with Gasteiger partial charge in [-0.15, -0.1) is 0 Å². The molecule has 3 aromatic carbocycles. The van der Waals surface area contributed by atoms with Gasteiger partial charge in [-0.3, -0.25) is 4.79 Å². The van der Waals surface area contributed by atoms with Gasteiger partial charge in [-0.1, -0.05) is 48.5 Å². The number of amides is 1. The first-order valence-corrected chi connectivity index (χ1v) is 11.6. The first-order chi connectivity index (χ1) is 17.1. The molecule has 0 radical (unpaired) electrons. The lowest BCUT2D eigenvalue weighted by Gasteiger charge is -2.11. The van der Waals surface area contributed by atoms with Crippen LogP contribution in [0, 0.1) is 6.92 Å². The highest BCUT2D eigenvalue weighted by Crippen LogP contribution is 2.34. The number of methoxy groups -OCH3 is 2. The summed E-state index contributed by atoms with van der Waals surface area (Å²) in [6.45, 7) is 2.53. The predicted octanol–water partition coefficient (Wildman–Crippen LogP) is 5.68. The van der Waals surface area contributed by atoms with Crippen LogP contribution in [0.15, 0.2) is 72.8 Å². The number of aromatic nitrogens is 2. The van der Waals surface area contributed by atoms with Gasteiger partial charge in [-0.25, -0.2) is 4.98 Å². The number of aryl methyl sites for hydroxylation is 1. The van der Waals surface area contributed by atoms with Crippen LogP contribution in [0.25, 0.3) is 33.1 Å². The number of ether oxygens (including phenoxy) is 2. The molecular weight excluding hydrogens is 438 g/mol. The van der Waals surface area contributed by atoms with Gasteiger partial charge in [0.25, 0.3) is 5.91 Å². The van der Waals surface area contributed by atoms with Crippen molar-refractivity contribution in [3.63, 3.8) is 0 Å². The highest BCUT2D eigenvalue weighted by molar-refractivity contribution is 6.13. The SMILES string of the molecule is COc1ccc(CCNC(=O)c2cc3c([nH]c4ccccc43)c(-c3ccccc3C)n2)cc1OC. The third kappa shape index (κ3) is 4.30. The topological polar surface area (TPSA) is 76.2 Å². The predicted molar refractivity (Wildman–Crippen MR) is 139 cm³/mol. The second-order valence-corrected chi connectivity index (χ2v) is 8.46. The van der Waals surface area contributed by atoms with Gasteiger partial charge < -0.3 is 19.8 Å². The molecule has 0 saturated carbocycles. The van der Waals surface area contributed by atoms with Crippen LogP contribution in [0.4, 0.5) is 0 Å². The number of carbonyl (C=O) groups excluding carboxylic acids is 1. The number of rotatable bonds is 7. The van der Waals surface area contributed by atoms with E-state index >= 15 is 0 Å². The van der Waals surface area contributed by atoms with Gasteiger partial charge in [0.15, 0.2) is 11.5 Å². The lowest BCUT2D eigenvalue weighted by atomic mass is 10.0. The van der Waals surface area contributed by atoms with Crippen LogP contribution in [0.5, 0.6) is 11.5 Å². The minimum atomic E-state index is -0.201. The summed E-state index contributed by atoms with van der Waals surface area (Å²) in [6, 6.07) is 23.9. The molecule has 35 heavy (non-hydrogen) atoms. The molecule has 2 N–H and O–H groups in total. The van der Waals surface area contributed by atoms with Crippen molar-refractivity contribution < 1.29 is 14.3 Å². The Bertz CT molecular complexity index is 1540. The number of carbonyl (C=O) groups is 1. The van der Waals surface area contributed by atoms with Crippen LogP contribution in [0.1, 0.15) is 21.6 Å². The molecule has 176 valence electrons. The van der Waals surface area contributed by atoms with Gasteiger partial charge in [-0.05, 0) is 48.7 Å². The molecular formula is C29H27N3O3. The van der Waals surface area contributed by atoms with Crippen molar-refractivity contribution in [2.45, 2.75) is 13.3 Å². The van der Waals surface area contributed by atoms with Crippen molar-refractivity contribution in [2.24, 2.45) is 0 Å². The summed E-state index contributed by atoms with van der Waals surface area (Å²) in [5.74, 6) is 1.15. The molecule has 0 fully saturated rings. The summed E-state index contributed by atoms with van der Waals surface area (Å²) in [4.78, 5) is 21.5. The number of nitrogens with one attached hydrogen (secondary N) is 2. The fourth-order valence-electron chi connectivity index (χ4n) is 4.44. The van der Waals surface area contributed by atoms with Crippen molar-refractivity contribution in [3.8, 4) is 22.8 Å². The number of para-hydroxylation sites is 1. The van der Waals surface area contributed by atoms with E-state index in [1.165, 1.54) is 0 Å². The van der Waals surface area contributed by atoms with Gasteiger partial charge in [0, 0.05) is 28.4 Å². The minimum Gasteiger partial charge on any atom is -0.493 e. The minimum absolute atomic E-state index is 0.201. The lowest BCUT2D eigenvalue weighted by Crippen LogP contribution is -2.26. The molecule has 6 nitrogen and oxygen atoms in total. The highest BCUT2D eigenvalue weighted by atomic mass is 16.5. The van der Waals surface area contributed by atoms with Crippen molar-refractivity contribution in [1.82, 2.24) is 15.3 Å². The van der Waals surface area contributed by atoms with Crippen LogP contribution in [-0.2, 0) is 6.42 Å². The van der Waals surface area contributed by atoms with Crippen molar-refractivity contribution in [1.29, 1.82) is 0 Å². The van der Waals surface area contributed by atoms with Crippen LogP contribution in [0.3, 0.4) is 0 Å². The largest absolute Gasteiger partial charge is 0.493 e. The summed E-state index contributed by atoms with van der Waals surface area (Å²) >= 11 is 0. The Labute approximate surface area is 203 Å². The number of fused-ring (bicyclic) bond motifs is 3. The van der Waals surface area contributed by atoms with E-state index in [0.717, 1.165) is 44.2 Å². The molecule has 0 bridgehead atoms. The summed E-state index contributed by atoms with van der Waals surface area (Å²) in [7, 11) is 3.22. The van der Waals surface area contributed by atoms with Crippen molar-refractivity contribution in [3.05, 3.63) is 89.6 Å². The number of pyridine rings is 1. The number of H-pyrrole nitrogens is 1. The second kappa shape index (κ2) is 9.50. The highest BCUT2D eigenvalue weighted by Gasteiger charge is 2.18. The van der Waals surface area contributed by atoms with E-state index in [1.807, 2.05) is 60.7 Å². The molecule has 2 heterocycles. The third-order valence-corrected chi connectivity index (χ3v) is 6.28. The summed E-state index contributed by atoms with van der Waals surface area (Å²) < 4.78 is 10.7. The summed E-state index contributed by atoms with van der Waals surface area (Å²) in [5, 5.41) is 5.08. The Balaban J connectivity index is 1.46. The zero-order valence-electron chi connectivity index (χ0n) is 20.0. The van der Waals surface area contributed by atoms with E-state index in [2.05, 4.69) is 29.4 Å². The fraction of sp³-hybridized carbons (Fsp3) is 0.172. The quantitative estimate of drug-likeness (QED) is 0.324. The van der Waals surface area contributed by atoms with Gasteiger partial charge in [-0.2, -0.15) is 0 Å². The molecule has 0 atom stereocenters. The third-order valence-electron chi connectivity index (χ3n) is 6.28.